The Morgan fingerprint density at radius 2 is 2.20 bits per heavy atom. The number of aromatic nitrogens is 2. The average Bonchev–Trinajstić information content (AvgIpc) is 2.45. The first-order valence-corrected chi connectivity index (χ1v) is 5.99. The summed E-state index contributed by atoms with van der Waals surface area (Å²) in [7, 11) is 0. The van der Waals surface area contributed by atoms with Crippen LogP contribution in [0.15, 0.2) is 6.20 Å². The van der Waals surface area contributed by atoms with Gasteiger partial charge < -0.3 is 4.57 Å². The van der Waals surface area contributed by atoms with Crippen LogP contribution < -0.4 is 0 Å². The molecule has 0 fully saturated rings. The predicted octanol–water partition coefficient (Wildman–Crippen LogP) is 3.05. The first-order valence-electron chi connectivity index (χ1n) is 5.99. The van der Waals surface area contributed by atoms with Crippen molar-refractivity contribution in [3.8, 4) is 0 Å². The third-order valence-corrected chi connectivity index (χ3v) is 3.11. The van der Waals surface area contributed by atoms with Gasteiger partial charge in [-0.05, 0) is 24.2 Å². The summed E-state index contributed by atoms with van der Waals surface area (Å²) in [6.07, 6.45) is 5.68. The van der Waals surface area contributed by atoms with Crippen LogP contribution in [-0.2, 0) is 19.4 Å². The van der Waals surface area contributed by atoms with Crippen LogP contribution >= 0.6 is 0 Å². The van der Waals surface area contributed by atoms with E-state index in [0.717, 1.165) is 12.3 Å². The van der Waals surface area contributed by atoms with Gasteiger partial charge in [-0.3, -0.25) is 0 Å². The van der Waals surface area contributed by atoms with Crippen LogP contribution in [0.25, 0.3) is 0 Å². The molecule has 0 saturated carbocycles. The molecule has 0 amide bonds. The van der Waals surface area contributed by atoms with Gasteiger partial charge in [0.05, 0.1) is 0 Å². The molecule has 1 aromatic heterocycles. The summed E-state index contributed by atoms with van der Waals surface area (Å²) in [4.78, 5) is 4.58. The highest BCUT2D eigenvalue weighted by molar-refractivity contribution is 5.09. The lowest BCUT2D eigenvalue weighted by Crippen LogP contribution is -2.21. The topological polar surface area (TPSA) is 17.8 Å². The van der Waals surface area contributed by atoms with E-state index >= 15 is 0 Å². The third-order valence-electron chi connectivity index (χ3n) is 3.11. The maximum atomic E-state index is 4.58. The van der Waals surface area contributed by atoms with Gasteiger partial charge in [-0.2, -0.15) is 0 Å². The maximum absolute atomic E-state index is 4.58. The molecule has 0 radical (unpaired) electrons. The Balaban J connectivity index is 2.21. The van der Waals surface area contributed by atoms with Crippen LogP contribution in [0.1, 0.15) is 45.6 Å². The fraction of sp³-hybridized carbons (Fsp3) is 0.769. The molecule has 0 aliphatic carbocycles. The van der Waals surface area contributed by atoms with Crippen molar-refractivity contribution in [1.82, 2.24) is 9.55 Å². The van der Waals surface area contributed by atoms with Gasteiger partial charge in [0, 0.05) is 24.9 Å². The molecule has 0 N–H and O–H groups in total. The summed E-state index contributed by atoms with van der Waals surface area (Å²) in [5.74, 6) is 2.11. The van der Waals surface area contributed by atoms with Gasteiger partial charge in [-0.15, -0.1) is 0 Å². The molecule has 2 heteroatoms. The fourth-order valence-corrected chi connectivity index (χ4v) is 2.31. The highest BCUT2D eigenvalue weighted by atomic mass is 15.1. The minimum atomic E-state index is 0.338. The minimum absolute atomic E-state index is 0.338. The molecule has 1 unspecified atom stereocenters. The highest BCUT2D eigenvalue weighted by Gasteiger charge is 2.21. The lowest BCUT2D eigenvalue weighted by atomic mass is 9.91. The first-order chi connectivity index (χ1) is 6.96. The molecular weight excluding hydrogens is 184 g/mol. The fourth-order valence-electron chi connectivity index (χ4n) is 2.31. The van der Waals surface area contributed by atoms with Crippen molar-refractivity contribution in [2.75, 3.05) is 0 Å². The van der Waals surface area contributed by atoms with E-state index in [1.165, 1.54) is 30.9 Å². The molecular formula is C13H22N2. The molecule has 2 rings (SSSR count). The van der Waals surface area contributed by atoms with E-state index in [2.05, 4.69) is 43.4 Å². The van der Waals surface area contributed by atoms with Crippen LogP contribution in [0.3, 0.4) is 0 Å². The van der Waals surface area contributed by atoms with Crippen LogP contribution in [0.4, 0.5) is 0 Å². The molecule has 1 aliphatic rings. The Hall–Kier alpha value is -0.790. The summed E-state index contributed by atoms with van der Waals surface area (Å²) in [6, 6.07) is 0. The SMILES string of the molecule is CC1CCn2c(cnc2CC(C)(C)C)C1. The Labute approximate surface area is 92.7 Å². The van der Waals surface area contributed by atoms with Gasteiger partial charge >= 0.3 is 0 Å². The third kappa shape index (κ3) is 2.42. The quantitative estimate of drug-likeness (QED) is 0.690. The normalized spacial score (nSPS) is 21.5. The first kappa shape index (κ1) is 10.7. The molecule has 2 heterocycles. The van der Waals surface area contributed by atoms with Crippen molar-refractivity contribution in [2.24, 2.45) is 11.3 Å². The zero-order chi connectivity index (χ0) is 11.1. The molecule has 0 aromatic carbocycles. The summed E-state index contributed by atoms with van der Waals surface area (Å²) < 4.78 is 2.44. The lowest BCUT2D eigenvalue weighted by molar-refractivity contribution is 0.366. The molecule has 84 valence electrons. The van der Waals surface area contributed by atoms with E-state index in [4.69, 9.17) is 0 Å². The van der Waals surface area contributed by atoms with Crippen LogP contribution in [0.2, 0.25) is 0 Å². The smallest absolute Gasteiger partial charge is 0.109 e. The second-order valence-corrected chi connectivity index (χ2v) is 6.15. The second kappa shape index (κ2) is 3.66. The molecule has 1 atom stereocenters. The Morgan fingerprint density at radius 1 is 1.47 bits per heavy atom. The van der Waals surface area contributed by atoms with E-state index in [1.807, 2.05) is 0 Å². The van der Waals surface area contributed by atoms with Crippen molar-refractivity contribution in [2.45, 2.75) is 53.5 Å². The molecule has 0 bridgehead atoms. The van der Waals surface area contributed by atoms with E-state index < -0.39 is 0 Å². The van der Waals surface area contributed by atoms with E-state index in [-0.39, 0.29) is 0 Å². The summed E-state index contributed by atoms with van der Waals surface area (Å²) in [6.45, 7) is 10.3. The largest absolute Gasteiger partial charge is 0.332 e. The van der Waals surface area contributed by atoms with Crippen LogP contribution in [-0.4, -0.2) is 9.55 Å². The molecule has 1 aliphatic heterocycles. The number of imidazole rings is 1. The monoisotopic (exact) mass is 206 g/mol. The van der Waals surface area contributed by atoms with E-state index in [1.54, 1.807) is 0 Å². The number of fused-ring (bicyclic) bond motifs is 1. The predicted molar refractivity (Wildman–Crippen MR) is 62.9 cm³/mol. The van der Waals surface area contributed by atoms with Gasteiger partial charge in [0.2, 0.25) is 0 Å². The van der Waals surface area contributed by atoms with Gasteiger partial charge in [0.15, 0.2) is 0 Å². The molecule has 2 nitrogen and oxygen atoms in total. The van der Waals surface area contributed by atoms with E-state index in [0.29, 0.717) is 5.41 Å². The van der Waals surface area contributed by atoms with Gasteiger partial charge in [0.1, 0.15) is 5.82 Å². The Bertz CT molecular complexity index is 344. The molecule has 0 saturated heterocycles. The number of hydrogen-bond acceptors (Lipinski definition) is 1. The number of nitrogens with zero attached hydrogens (tertiary/aromatic N) is 2. The number of rotatable bonds is 1. The maximum Gasteiger partial charge on any atom is 0.109 e. The van der Waals surface area contributed by atoms with Crippen molar-refractivity contribution < 1.29 is 0 Å². The Morgan fingerprint density at radius 3 is 2.87 bits per heavy atom. The van der Waals surface area contributed by atoms with Crippen LogP contribution in [0.5, 0.6) is 0 Å². The second-order valence-electron chi connectivity index (χ2n) is 6.15. The summed E-state index contributed by atoms with van der Waals surface area (Å²) in [5.41, 5.74) is 1.78. The van der Waals surface area contributed by atoms with Crippen molar-refractivity contribution in [3.63, 3.8) is 0 Å². The summed E-state index contributed by atoms with van der Waals surface area (Å²) >= 11 is 0. The van der Waals surface area contributed by atoms with Gasteiger partial charge in [-0.25, -0.2) is 4.98 Å². The van der Waals surface area contributed by atoms with Crippen molar-refractivity contribution in [1.29, 1.82) is 0 Å². The number of hydrogen-bond donors (Lipinski definition) is 0. The van der Waals surface area contributed by atoms with E-state index in [9.17, 15) is 0 Å². The average molecular weight is 206 g/mol. The molecule has 15 heavy (non-hydrogen) atoms. The minimum Gasteiger partial charge on any atom is -0.332 e. The Kier molecular flexibility index (Phi) is 2.61. The van der Waals surface area contributed by atoms with Crippen LogP contribution in [0, 0.1) is 11.3 Å². The lowest BCUT2D eigenvalue weighted by Gasteiger charge is -2.24. The molecule has 0 spiro atoms. The zero-order valence-electron chi connectivity index (χ0n) is 10.4. The highest BCUT2D eigenvalue weighted by Crippen LogP contribution is 2.25. The summed E-state index contributed by atoms with van der Waals surface area (Å²) in [5, 5.41) is 0. The zero-order valence-corrected chi connectivity index (χ0v) is 10.4. The standard InChI is InChI=1S/C13H22N2/c1-10-5-6-15-11(7-10)9-14-12(15)8-13(2,3)4/h9-10H,5-8H2,1-4H3. The van der Waals surface area contributed by atoms with Crippen molar-refractivity contribution >= 4 is 0 Å². The van der Waals surface area contributed by atoms with Gasteiger partial charge in [0.25, 0.3) is 0 Å². The van der Waals surface area contributed by atoms with Crippen molar-refractivity contribution in [3.05, 3.63) is 17.7 Å². The molecule has 1 aromatic rings. The van der Waals surface area contributed by atoms with Gasteiger partial charge in [-0.1, -0.05) is 27.7 Å².